The zero-order valence-electron chi connectivity index (χ0n) is 11.8. The van der Waals surface area contributed by atoms with Crippen LogP contribution in [-0.4, -0.2) is 54.6 Å². The Bertz CT molecular complexity index is 497. The SMILES string of the molecule is CN(Cc1ccccc1)[C@H]1CO[C@H]2[C@@H]1OC[C@@H]2O[N+](=O)[O-]. The third-order valence-corrected chi connectivity index (χ3v) is 4.04. The summed E-state index contributed by atoms with van der Waals surface area (Å²) in [5.74, 6) is 0. The highest BCUT2D eigenvalue weighted by Crippen LogP contribution is 2.31. The van der Waals surface area contributed by atoms with Crippen molar-refractivity contribution < 1.29 is 19.4 Å². The van der Waals surface area contributed by atoms with Crippen molar-refractivity contribution in [2.45, 2.75) is 30.9 Å². The van der Waals surface area contributed by atoms with Crippen molar-refractivity contribution >= 4 is 0 Å². The third kappa shape index (κ3) is 2.99. The average molecular weight is 294 g/mol. The number of fused-ring (bicyclic) bond motifs is 1. The van der Waals surface area contributed by atoms with E-state index in [1.54, 1.807) is 0 Å². The van der Waals surface area contributed by atoms with Crippen molar-refractivity contribution in [3.8, 4) is 0 Å². The first-order chi connectivity index (χ1) is 10.1. The van der Waals surface area contributed by atoms with E-state index in [9.17, 15) is 10.1 Å². The second-order valence-corrected chi connectivity index (χ2v) is 5.43. The van der Waals surface area contributed by atoms with Crippen LogP contribution in [0.25, 0.3) is 0 Å². The minimum atomic E-state index is -0.777. The van der Waals surface area contributed by atoms with E-state index in [0.29, 0.717) is 6.61 Å². The molecular weight excluding hydrogens is 276 g/mol. The monoisotopic (exact) mass is 294 g/mol. The Morgan fingerprint density at radius 3 is 2.71 bits per heavy atom. The summed E-state index contributed by atoms with van der Waals surface area (Å²) >= 11 is 0. The van der Waals surface area contributed by atoms with Crippen molar-refractivity contribution in [2.24, 2.45) is 0 Å². The Labute approximate surface area is 122 Å². The molecular formula is C14H18N2O5. The molecule has 0 aromatic heterocycles. The Balaban J connectivity index is 1.62. The molecule has 3 rings (SSSR count). The highest BCUT2D eigenvalue weighted by Gasteiger charge is 2.50. The van der Waals surface area contributed by atoms with Gasteiger partial charge in [0.1, 0.15) is 12.2 Å². The molecule has 0 unspecified atom stereocenters. The fourth-order valence-electron chi connectivity index (χ4n) is 3.01. The Kier molecular flexibility index (Phi) is 4.05. The van der Waals surface area contributed by atoms with Crippen molar-refractivity contribution in [3.05, 3.63) is 46.0 Å². The van der Waals surface area contributed by atoms with E-state index in [0.717, 1.165) is 6.54 Å². The molecule has 0 spiro atoms. The first kappa shape index (κ1) is 14.2. The van der Waals surface area contributed by atoms with Crippen LogP contribution in [0.4, 0.5) is 0 Å². The molecule has 1 aromatic rings. The van der Waals surface area contributed by atoms with Crippen molar-refractivity contribution in [3.63, 3.8) is 0 Å². The zero-order valence-corrected chi connectivity index (χ0v) is 11.8. The van der Waals surface area contributed by atoms with Crippen LogP contribution in [0.5, 0.6) is 0 Å². The van der Waals surface area contributed by atoms with Crippen LogP contribution in [0.1, 0.15) is 5.56 Å². The van der Waals surface area contributed by atoms with Crippen molar-refractivity contribution in [2.75, 3.05) is 20.3 Å². The minimum Gasteiger partial charge on any atom is -0.371 e. The largest absolute Gasteiger partial charge is 0.371 e. The van der Waals surface area contributed by atoms with Gasteiger partial charge in [0.2, 0.25) is 0 Å². The lowest BCUT2D eigenvalue weighted by molar-refractivity contribution is -0.769. The number of nitrogens with zero attached hydrogens (tertiary/aromatic N) is 2. The molecule has 2 fully saturated rings. The highest BCUT2D eigenvalue weighted by atomic mass is 17.0. The summed E-state index contributed by atoms with van der Waals surface area (Å²) in [5, 5.41) is 9.69. The average Bonchev–Trinajstić information content (AvgIpc) is 3.02. The van der Waals surface area contributed by atoms with E-state index >= 15 is 0 Å². The van der Waals surface area contributed by atoms with Gasteiger partial charge in [-0.25, -0.2) is 0 Å². The number of benzene rings is 1. The molecule has 0 bridgehead atoms. The van der Waals surface area contributed by atoms with Crippen LogP contribution in [-0.2, 0) is 20.9 Å². The van der Waals surface area contributed by atoms with Crippen LogP contribution >= 0.6 is 0 Å². The van der Waals surface area contributed by atoms with Crippen molar-refractivity contribution in [1.29, 1.82) is 0 Å². The molecule has 2 heterocycles. The predicted octanol–water partition coefficient (Wildman–Crippen LogP) is 0.861. The van der Waals surface area contributed by atoms with Gasteiger partial charge in [-0.05, 0) is 12.6 Å². The maximum atomic E-state index is 10.5. The smallest absolute Gasteiger partial charge is 0.294 e. The molecule has 2 aliphatic heterocycles. The van der Waals surface area contributed by atoms with Crippen LogP contribution in [0, 0.1) is 10.1 Å². The molecule has 0 aliphatic carbocycles. The number of hydrogen-bond acceptors (Lipinski definition) is 6. The van der Waals surface area contributed by atoms with Crippen molar-refractivity contribution in [1.82, 2.24) is 4.90 Å². The van der Waals surface area contributed by atoms with Gasteiger partial charge in [0, 0.05) is 6.54 Å². The molecule has 0 amide bonds. The standard InChI is InChI=1S/C14H18N2O5/c1-15(7-10-5-3-2-4-6-10)11-8-19-14-12(21-16(17)18)9-20-13(11)14/h2-6,11-14H,7-9H2,1H3/t11-,12-,13+,14+/m0/s1. The summed E-state index contributed by atoms with van der Waals surface area (Å²) in [4.78, 5) is 17.2. The second kappa shape index (κ2) is 5.97. The van der Waals surface area contributed by atoms with Gasteiger partial charge < -0.3 is 14.3 Å². The van der Waals surface area contributed by atoms with E-state index in [4.69, 9.17) is 9.47 Å². The summed E-state index contributed by atoms with van der Waals surface area (Å²) in [5.41, 5.74) is 1.21. The van der Waals surface area contributed by atoms with Gasteiger partial charge in [-0.3, -0.25) is 4.90 Å². The molecule has 114 valence electrons. The maximum Gasteiger partial charge on any atom is 0.294 e. The first-order valence-electron chi connectivity index (χ1n) is 6.93. The van der Waals surface area contributed by atoms with E-state index in [2.05, 4.69) is 21.9 Å². The van der Waals surface area contributed by atoms with Crippen LogP contribution in [0.15, 0.2) is 30.3 Å². The highest BCUT2D eigenvalue weighted by molar-refractivity contribution is 5.15. The maximum absolute atomic E-state index is 10.5. The van der Waals surface area contributed by atoms with Gasteiger partial charge in [0.25, 0.3) is 5.09 Å². The molecule has 21 heavy (non-hydrogen) atoms. The summed E-state index contributed by atoms with van der Waals surface area (Å²) in [6.07, 6.45) is -1.16. The van der Waals surface area contributed by atoms with Gasteiger partial charge in [-0.1, -0.05) is 30.3 Å². The first-order valence-corrected chi connectivity index (χ1v) is 6.93. The quantitative estimate of drug-likeness (QED) is 0.592. The van der Waals surface area contributed by atoms with Gasteiger partial charge >= 0.3 is 0 Å². The second-order valence-electron chi connectivity index (χ2n) is 5.43. The van der Waals surface area contributed by atoms with Gasteiger partial charge in [-0.15, -0.1) is 10.1 Å². The summed E-state index contributed by atoms with van der Waals surface area (Å²) in [7, 11) is 2.01. The van der Waals surface area contributed by atoms with Gasteiger partial charge in [-0.2, -0.15) is 0 Å². The van der Waals surface area contributed by atoms with E-state index in [1.165, 1.54) is 5.56 Å². The van der Waals surface area contributed by atoms with E-state index in [1.807, 2.05) is 25.2 Å². The normalized spacial score (nSPS) is 31.3. The van der Waals surface area contributed by atoms with Crippen LogP contribution in [0.2, 0.25) is 0 Å². The molecule has 4 atom stereocenters. The fourth-order valence-corrected chi connectivity index (χ4v) is 3.01. The molecule has 7 heteroatoms. The summed E-state index contributed by atoms with van der Waals surface area (Å²) in [6, 6.07) is 10.2. The number of ether oxygens (including phenoxy) is 2. The number of hydrogen-bond donors (Lipinski definition) is 0. The molecule has 2 saturated heterocycles. The van der Waals surface area contributed by atoms with Crippen LogP contribution < -0.4 is 0 Å². The molecule has 0 radical (unpaired) electrons. The Hall–Kier alpha value is -1.70. The lowest BCUT2D eigenvalue weighted by Gasteiger charge is -2.27. The number of rotatable bonds is 5. The Morgan fingerprint density at radius 1 is 1.29 bits per heavy atom. The van der Waals surface area contributed by atoms with E-state index < -0.39 is 11.2 Å². The molecule has 7 nitrogen and oxygen atoms in total. The van der Waals surface area contributed by atoms with Crippen LogP contribution in [0.3, 0.4) is 0 Å². The molecule has 2 aliphatic rings. The minimum absolute atomic E-state index is 0.0792. The molecule has 0 N–H and O–H groups in total. The zero-order chi connectivity index (χ0) is 14.8. The van der Waals surface area contributed by atoms with Gasteiger partial charge in [0.15, 0.2) is 6.10 Å². The molecule has 0 saturated carbocycles. The summed E-state index contributed by atoms with van der Waals surface area (Å²) in [6.45, 7) is 1.48. The van der Waals surface area contributed by atoms with Gasteiger partial charge in [0.05, 0.1) is 19.3 Å². The summed E-state index contributed by atoms with van der Waals surface area (Å²) < 4.78 is 11.3. The fraction of sp³-hybridized carbons (Fsp3) is 0.571. The predicted molar refractivity (Wildman–Crippen MR) is 73.0 cm³/mol. The lowest BCUT2D eigenvalue weighted by atomic mass is 10.1. The lowest BCUT2D eigenvalue weighted by Crippen LogP contribution is -2.42. The number of likely N-dealkylation sites (N-methyl/N-ethyl adjacent to an activating group) is 1. The molecule has 1 aromatic carbocycles. The third-order valence-electron chi connectivity index (χ3n) is 4.04. The Morgan fingerprint density at radius 2 is 2.00 bits per heavy atom. The topological polar surface area (TPSA) is 74.1 Å². The van der Waals surface area contributed by atoms with E-state index in [-0.39, 0.29) is 24.9 Å².